The van der Waals surface area contributed by atoms with E-state index in [0.717, 1.165) is 42.8 Å². The van der Waals surface area contributed by atoms with Gasteiger partial charge in [0, 0.05) is 31.2 Å². The summed E-state index contributed by atoms with van der Waals surface area (Å²) in [5, 5.41) is 7.89. The van der Waals surface area contributed by atoms with E-state index < -0.39 is 0 Å². The minimum atomic E-state index is 0.672. The molecule has 25 heavy (non-hydrogen) atoms. The van der Waals surface area contributed by atoms with Crippen LogP contribution in [0, 0.1) is 25.7 Å². The zero-order valence-corrected chi connectivity index (χ0v) is 15.4. The Bertz CT molecular complexity index is 677. The maximum Gasteiger partial charge on any atom is 0.137 e. The van der Waals surface area contributed by atoms with E-state index in [2.05, 4.69) is 45.7 Å². The normalized spacial score (nSPS) is 26.2. The van der Waals surface area contributed by atoms with E-state index in [9.17, 15) is 0 Å². The highest BCUT2D eigenvalue weighted by molar-refractivity contribution is 5.21. The van der Waals surface area contributed by atoms with E-state index in [0.29, 0.717) is 6.04 Å². The van der Waals surface area contributed by atoms with E-state index in [1.54, 1.807) is 0 Å². The minimum absolute atomic E-state index is 0.672. The Labute approximate surface area is 150 Å². The van der Waals surface area contributed by atoms with Gasteiger partial charge in [0.25, 0.3) is 0 Å². The topological polar surface area (TPSA) is 41.3 Å². The van der Waals surface area contributed by atoms with Crippen LogP contribution < -0.4 is 5.32 Å². The Kier molecular flexibility index (Phi) is 4.91. The molecule has 1 aliphatic heterocycles. The Morgan fingerprint density at radius 1 is 1.16 bits per heavy atom. The Morgan fingerprint density at radius 3 is 2.76 bits per heavy atom. The second-order valence-corrected chi connectivity index (χ2v) is 7.79. The van der Waals surface area contributed by atoms with E-state index >= 15 is 0 Å². The molecule has 2 fully saturated rings. The summed E-state index contributed by atoms with van der Waals surface area (Å²) >= 11 is 0. The minimum Gasteiger partial charge on any atom is -0.361 e. The molecule has 2 heterocycles. The Balaban J connectivity index is 1.28. The van der Waals surface area contributed by atoms with Gasteiger partial charge in [0.05, 0.1) is 5.69 Å². The van der Waals surface area contributed by atoms with Crippen LogP contribution in [0.1, 0.15) is 35.4 Å². The molecule has 1 saturated carbocycles. The Morgan fingerprint density at radius 2 is 2.00 bits per heavy atom. The van der Waals surface area contributed by atoms with Gasteiger partial charge in [0.2, 0.25) is 0 Å². The third-order valence-corrected chi connectivity index (χ3v) is 6.14. The monoisotopic (exact) mass is 339 g/mol. The molecule has 134 valence electrons. The molecule has 1 saturated heterocycles. The first-order valence-electron chi connectivity index (χ1n) is 9.62. The van der Waals surface area contributed by atoms with Crippen LogP contribution in [0.2, 0.25) is 0 Å². The van der Waals surface area contributed by atoms with Gasteiger partial charge < -0.3 is 9.84 Å². The number of nitrogens with zero attached hydrogens (tertiary/aromatic N) is 2. The van der Waals surface area contributed by atoms with Gasteiger partial charge in [-0.15, -0.1) is 0 Å². The second kappa shape index (κ2) is 7.30. The first-order chi connectivity index (χ1) is 12.2. The highest BCUT2D eigenvalue weighted by Gasteiger charge is 2.42. The van der Waals surface area contributed by atoms with Crippen molar-refractivity contribution in [3.63, 3.8) is 0 Å². The van der Waals surface area contributed by atoms with Crippen molar-refractivity contribution in [3.8, 4) is 0 Å². The summed E-state index contributed by atoms with van der Waals surface area (Å²) in [6.45, 7) is 8.68. The molecular weight excluding hydrogens is 310 g/mol. The van der Waals surface area contributed by atoms with Crippen LogP contribution in [0.3, 0.4) is 0 Å². The standard InChI is InChI=1S/C21H29N3O/c1-15-19(16(2)25-23-15)10-11-22-21-9-8-18-13-24(14-20(18)21)12-17-6-4-3-5-7-17/h3-7,18,20-22H,8-14H2,1-2H3/t18-,20-,21+/m0/s1. The zero-order chi connectivity index (χ0) is 17.2. The van der Waals surface area contributed by atoms with Crippen molar-refractivity contribution in [1.29, 1.82) is 0 Å². The quantitative estimate of drug-likeness (QED) is 0.876. The molecule has 2 aromatic rings. The van der Waals surface area contributed by atoms with Crippen molar-refractivity contribution in [2.75, 3.05) is 19.6 Å². The van der Waals surface area contributed by atoms with Gasteiger partial charge in [-0.1, -0.05) is 35.5 Å². The zero-order valence-electron chi connectivity index (χ0n) is 15.4. The first-order valence-corrected chi connectivity index (χ1v) is 9.62. The molecule has 0 amide bonds. The molecule has 1 aromatic carbocycles. The van der Waals surface area contributed by atoms with E-state index in [1.807, 2.05) is 13.8 Å². The first kappa shape index (κ1) is 16.8. The molecule has 4 nitrogen and oxygen atoms in total. The smallest absolute Gasteiger partial charge is 0.137 e. The highest BCUT2D eigenvalue weighted by Crippen LogP contribution is 2.38. The molecule has 3 atom stereocenters. The van der Waals surface area contributed by atoms with Gasteiger partial charge in [-0.25, -0.2) is 0 Å². The van der Waals surface area contributed by atoms with Crippen molar-refractivity contribution < 1.29 is 4.52 Å². The maximum atomic E-state index is 5.27. The molecule has 1 aliphatic carbocycles. The number of fused-ring (bicyclic) bond motifs is 1. The molecule has 1 N–H and O–H groups in total. The van der Waals surface area contributed by atoms with Crippen molar-refractivity contribution in [2.24, 2.45) is 11.8 Å². The van der Waals surface area contributed by atoms with Crippen molar-refractivity contribution in [2.45, 2.75) is 45.7 Å². The molecule has 1 aromatic heterocycles. The van der Waals surface area contributed by atoms with E-state index in [-0.39, 0.29) is 0 Å². The van der Waals surface area contributed by atoms with Crippen molar-refractivity contribution >= 4 is 0 Å². The van der Waals surface area contributed by atoms with Crippen LogP contribution in [0.4, 0.5) is 0 Å². The molecule has 0 unspecified atom stereocenters. The van der Waals surface area contributed by atoms with Gasteiger partial charge in [0.15, 0.2) is 0 Å². The van der Waals surface area contributed by atoms with E-state index in [1.165, 1.54) is 37.1 Å². The van der Waals surface area contributed by atoms with Gasteiger partial charge in [-0.2, -0.15) is 0 Å². The third-order valence-electron chi connectivity index (χ3n) is 6.14. The Hall–Kier alpha value is -1.65. The fourth-order valence-corrected chi connectivity index (χ4v) is 4.82. The number of aromatic nitrogens is 1. The van der Waals surface area contributed by atoms with E-state index in [4.69, 9.17) is 4.52 Å². The predicted octanol–water partition coefficient (Wildman–Crippen LogP) is 3.33. The molecule has 0 bridgehead atoms. The molecule has 4 rings (SSSR count). The predicted molar refractivity (Wildman–Crippen MR) is 99.4 cm³/mol. The molecule has 2 aliphatic rings. The summed E-state index contributed by atoms with van der Waals surface area (Å²) in [4.78, 5) is 2.65. The van der Waals surface area contributed by atoms with Gasteiger partial charge in [-0.3, -0.25) is 4.90 Å². The summed E-state index contributed by atoms with van der Waals surface area (Å²) in [5.74, 6) is 2.66. The van der Waals surface area contributed by atoms with Crippen LogP contribution in [0.5, 0.6) is 0 Å². The largest absolute Gasteiger partial charge is 0.361 e. The lowest BCUT2D eigenvalue weighted by Crippen LogP contribution is -2.37. The number of benzene rings is 1. The van der Waals surface area contributed by atoms with Gasteiger partial charge in [-0.05, 0) is 57.1 Å². The number of hydrogen-bond donors (Lipinski definition) is 1. The van der Waals surface area contributed by atoms with Crippen LogP contribution in [0.15, 0.2) is 34.9 Å². The fraction of sp³-hybridized carbons (Fsp3) is 0.571. The number of likely N-dealkylation sites (tertiary alicyclic amines) is 1. The number of nitrogens with one attached hydrogen (secondary N) is 1. The lowest BCUT2D eigenvalue weighted by molar-refractivity contribution is 0.289. The lowest BCUT2D eigenvalue weighted by Gasteiger charge is -2.22. The van der Waals surface area contributed by atoms with Gasteiger partial charge >= 0.3 is 0 Å². The summed E-state index contributed by atoms with van der Waals surface area (Å²) in [7, 11) is 0. The number of hydrogen-bond acceptors (Lipinski definition) is 4. The third kappa shape index (κ3) is 3.65. The SMILES string of the molecule is Cc1noc(C)c1CCN[C@@H]1CC[C@H]2CN(Cc3ccccc3)C[C@@H]21. The van der Waals surface area contributed by atoms with Crippen LogP contribution in [-0.4, -0.2) is 35.7 Å². The summed E-state index contributed by atoms with van der Waals surface area (Å²) in [6, 6.07) is 11.5. The van der Waals surface area contributed by atoms with Crippen LogP contribution in [0.25, 0.3) is 0 Å². The lowest BCUT2D eigenvalue weighted by atomic mass is 9.97. The molecular formula is C21H29N3O. The summed E-state index contributed by atoms with van der Waals surface area (Å²) < 4.78 is 5.27. The summed E-state index contributed by atoms with van der Waals surface area (Å²) in [5.41, 5.74) is 3.75. The van der Waals surface area contributed by atoms with Gasteiger partial charge in [0.1, 0.15) is 5.76 Å². The van der Waals surface area contributed by atoms with Crippen molar-refractivity contribution in [1.82, 2.24) is 15.4 Å². The highest BCUT2D eigenvalue weighted by atomic mass is 16.5. The summed E-state index contributed by atoms with van der Waals surface area (Å²) in [6.07, 6.45) is 3.72. The second-order valence-electron chi connectivity index (χ2n) is 7.79. The average molecular weight is 339 g/mol. The van der Waals surface area contributed by atoms with Crippen LogP contribution in [-0.2, 0) is 13.0 Å². The molecule has 0 spiro atoms. The fourth-order valence-electron chi connectivity index (χ4n) is 4.82. The molecule has 4 heteroatoms. The van der Waals surface area contributed by atoms with Crippen LogP contribution >= 0.6 is 0 Å². The number of rotatable bonds is 6. The van der Waals surface area contributed by atoms with Crippen molar-refractivity contribution in [3.05, 3.63) is 52.9 Å². The molecule has 0 radical (unpaired) electrons. The number of aryl methyl sites for hydroxylation is 2. The average Bonchev–Trinajstić information content (AvgIpc) is 3.26. The maximum absolute atomic E-state index is 5.27.